The molecule has 7 heteroatoms. The number of carbonyl (C=O) groups is 1. The minimum absolute atomic E-state index is 0.0759. The molecule has 2 aliphatic rings. The minimum Gasteiger partial charge on any atom is -0.485 e. The summed E-state index contributed by atoms with van der Waals surface area (Å²) in [5.74, 6) is 0.878. The van der Waals surface area contributed by atoms with Crippen LogP contribution < -0.4 is 9.47 Å². The third kappa shape index (κ3) is 3.87. The molecule has 0 aromatic heterocycles. The monoisotopic (exact) mass is 390 g/mol. The zero-order chi connectivity index (χ0) is 18.8. The average Bonchev–Trinajstić information content (AvgIpc) is 2.70. The number of carbonyl (C=O) groups excluding carboxylic acids is 1. The van der Waals surface area contributed by atoms with E-state index in [1.165, 1.54) is 6.07 Å². The molecule has 4 rings (SSSR count). The molecule has 0 aliphatic carbocycles. The highest BCUT2D eigenvalue weighted by atomic mass is 35.5. The zero-order valence-electron chi connectivity index (χ0n) is 14.7. The SMILES string of the molecule is O=C([C@H]1COc2ccccc2O1)N1CCN(Cc2c(F)cccc2Cl)CC1. The van der Waals surface area contributed by atoms with E-state index in [1.807, 2.05) is 18.2 Å². The summed E-state index contributed by atoms with van der Waals surface area (Å²) < 4.78 is 25.4. The molecule has 0 radical (unpaired) electrons. The van der Waals surface area contributed by atoms with Gasteiger partial charge in [0, 0.05) is 43.3 Å². The molecule has 1 atom stereocenters. The molecule has 2 heterocycles. The van der Waals surface area contributed by atoms with Gasteiger partial charge in [0.15, 0.2) is 11.5 Å². The Hall–Kier alpha value is -2.31. The van der Waals surface area contributed by atoms with Crippen LogP contribution in [0.3, 0.4) is 0 Å². The minimum atomic E-state index is -0.632. The second-order valence-electron chi connectivity index (χ2n) is 6.67. The van der Waals surface area contributed by atoms with Gasteiger partial charge >= 0.3 is 0 Å². The Morgan fingerprint density at radius 1 is 1.07 bits per heavy atom. The van der Waals surface area contributed by atoms with Gasteiger partial charge < -0.3 is 14.4 Å². The standard InChI is InChI=1S/C20H20ClFN2O3/c21-15-4-3-5-16(22)14(15)12-23-8-10-24(11-9-23)20(25)19-13-26-17-6-1-2-7-18(17)27-19/h1-7,19H,8-13H2/t19-/m1/s1. The lowest BCUT2D eigenvalue weighted by Crippen LogP contribution is -2.53. The van der Waals surface area contributed by atoms with E-state index in [1.54, 1.807) is 23.1 Å². The number of halogens is 2. The number of para-hydroxylation sites is 2. The fourth-order valence-electron chi connectivity index (χ4n) is 3.38. The largest absolute Gasteiger partial charge is 0.485 e. The molecule has 0 saturated carbocycles. The first-order valence-electron chi connectivity index (χ1n) is 8.94. The fourth-order valence-corrected chi connectivity index (χ4v) is 3.60. The Morgan fingerprint density at radius 2 is 1.81 bits per heavy atom. The van der Waals surface area contributed by atoms with E-state index in [0.29, 0.717) is 54.8 Å². The molecule has 2 aromatic rings. The molecule has 2 aromatic carbocycles. The number of rotatable bonds is 3. The van der Waals surface area contributed by atoms with Crippen LogP contribution in [0.4, 0.5) is 4.39 Å². The van der Waals surface area contributed by atoms with Crippen LogP contribution in [-0.2, 0) is 11.3 Å². The maximum Gasteiger partial charge on any atom is 0.267 e. The van der Waals surface area contributed by atoms with E-state index in [4.69, 9.17) is 21.1 Å². The first-order valence-corrected chi connectivity index (χ1v) is 9.32. The molecule has 2 aliphatic heterocycles. The number of benzene rings is 2. The van der Waals surface area contributed by atoms with E-state index in [2.05, 4.69) is 4.90 Å². The number of nitrogens with zero attached hydrogens (tertiary/aromatic N) is 2. The summed E-state index contributed by atoms with van der Waals surface area (Å²) in [5.41, 5.74) is 0.500. The van der Waals surface area contributed by atoms with Crippen molar-refractivity contribution in [3.05, 3.63) is 58.9 Å². The molecule has 0 unspecified atom stereocenters. The molecule has 1 fully saturated rings. The quantitative estimate of drug-likeness (QED) is 0.808. The average molecular weight is 391 g/mol. The Bertz CT molecular complexity index is 819. The van der Waals surface area contributed by atoms with Crippen LogP contribution in [0.2, 0.25) is 5.02 Å². The first kappa shape index (κ1) is 18.1. The normalized spacial score (nSPS) is 19.8. The second kappa shape index (κ2) is 7.74. The van der Waals surface area contributed by atoms with Crippen LogP contribution in [0.25, 0.3) is 0 Å². The third-order valence-electron chi connectivity index (χ3n) is 4.91. The Kier molecular flexibility index (Phi) is 5.18. The van der Waals surface area contributed by atoms with Gasteiger partial charge in [-0.2, -0.15) is 0 Å². The molecule has 0 spiro atoms. The van der Waals surface area contributed by atoms with Crippen molar-refractivity contribution < 1.29 is 18.7 Å². The Balaban J connectivity index is 1.33. The lowest BCUT2D eigenvalue weighted by atomic mass is 10.1. The predicted octanol–water partition coefficient (Wildman–Crippen LogP) is 2.96. The molecule has 5 nitrogen and oxygen atoms in total. The van der Waals surface area contributed by atoms with Gasteiger partial charge in [-0.05, 0) is 24.3 Å². The Morgan fingerprint density at radius 3 is 2.56 bits per heavy atom. The molecular formula is C20H20ClFN2O3. The molecular weight excluding hydrogens is 371 g/mol. The van der Waals surface area contributed by atoms with Gasteiger partial charge in [-0.1, -0.05) is 29.8 Å². The van der Waals surface area contributed by atoms with E-state index >= 15 is 0 Å². The molecule has 0 N–H and O–H groups in total. The number of amides is 1. The maximum atomic E-state index is 14.0. The summed E-state index contributed by atoms with van der Waals surface area (Å²) in [6.07, 6.45) is -0.632. The molecule has 142 valence electrons. The lowest BCUT2D eigenvalue weighted by Gasteiger charge is -2.37. The summed E-state index contributed by atoms with van der Waals surface area (Å²) in [6.45, 7) is 3.07. The highest BCUT2D eigenvalue weighted by molar-refractivity contribution is 6.31. The van der Waals surface area contributed by atoms with Gasteiger partial charge in [0.25, 0.3) is 5.91 Å². The van der Waals surface area contributed by atoms with Crippen LogP contribution in [0.15, 0.2) is 42.5 Å². The number of ether oxygens (including phenoxy) is 2. The molecule has 1 saturated heterocycles. The van der Waals surface area contributed by atoms with Crippen LogP contribution >= 0.6 is 11.6 Å². The van der Waals surface area contributed by atoms with Crippen molar-refractivity contribution in [1.82, 2.24) is 9.80 Å². The summed E-state index contributed by atoms with van der Waals surface area (Å²) >= 11 is 6.11. The fraction of sp³-hybridized carbons (Fsp3) is 0.350. The maximum absolute atomic E-state index is 14.0. The van der Waals surface area contributed by atoms with Crippen molar-refractivity contribution >= 4 is 17.5 Å². The van der Waals surface area contributed by atoms with E-state index < -0.39 is 6.10 Å². The van der Waals surface area contributed by atoms with Crippen LogP contribution in [0, 0.1) is 5.82 Å². The summed E-state index contributed by atoms with van der Waals surface area (Å²) in [6, 6.07) is 12.0. The van der Waals surface area contributed by atoms with Gasteiger partial charge in [-0.15, -0.1) is 0 Å². The summed E-state index contributed by atoms with van der Waals surface area (Å²) in [7, 11) is 0. The highest BCUT2D eigenvalue weighted by Gasteiger charge is 2.32. The van der Waals surface area contributed by atoms with Crippen molar-refractivity contribution in [2.24, 2.45) is 0 Å². The number of fused-ring (bicyclic) bond motifs is 1. The molecule has 0 bridgehead atoms. The van der Waals surface area contributed by atoms with Gasteiger partial charge in [0.05, 0.1) is 0 Å². The van der Waals surface area contributed by atoms with Gasteiger partial charge in [-0.3, -0.25) is 9.69 Å². The van der Waals surface area contributed by atoms with Crippen LogP contribution in [0.1, 0.15) is 5.56 Å². The summed E-state index contributed by atoms with van der Waals surface area (Å²) in [5, 5.41) is 0.430. The van der Waals surface area contributed by atoms with Crippen molar-refractivity contribution in [1.29, 1.82) is 0 Å². The van der Waals surface area contributed by atoms with Crippen molar-refractivity contribution in [2.75, 3.05) is 32.8 Å². The number of piperazine rings is 1. The van der Waals surface area contributed by atoms with Gasteiger partial charge in [0.1, 0.15) is 12.4 Å². The van der Waals surface area contributed by atoms with Crippen LogP contribution in [-0.4, -0.2) is 54.6 Å². The number of hydrogen-bond donors (Lipinski definition) is 0. The van der Waals surface area contributed by atoms with Crippen molar-refractivity contribution in [2.45, 2.75) is 12.6 Å². The van der Waals surface area contributed by atoms with E-state index in [9.17, 15) is 9.18 Å². The van der Waals surface area contributed by atoms with Gasteiger partial charge in [0.2, 0.25) is 6.10 Å². The molecule has 27 heavy (non-hydrogen) atoms. The smallest absolute Gasteiger partial charge is 0.267 e. The summed E-state index contributed by atoms with van der Waals surface area (Å²) in [4.78, 5) is 16.6. The number of hydrogen-bond acceptors (Lipinski definition) is 4. The zero-order valence-corrected chi connectivity index (χ0v) is 15.5. The molecule has 1 amide bonds. The topological polar surface area (TPSA) is 42.0 Å². The predicted molar refractivity (Wildman–Crippen MR) is 99.6 cm³/mol. The highest BCUT2D eigenvalue weighted by Crippen LogP contribution is 2.31. The first-order chi connectivity index (χ1) is 13.1. The second-order valence-corrected chi connectivity index (χ2v) is 7.07. The van der Waals surface area contributed by atoms with E-state index in [-0.39, 0.29) is 18.3 Å². The van der Waals surface area contributed by atoms with E-state index in [0.717, 1.165) is 0 Å². The third-order valence-corrected chi connectivity index (χ3v) is 5.27. The van der Waals surface area contributed by atoms with Crippen molar-refractivity contribution in [3.63, 3.8) is 0 Å². The lowest BCUT2D eigenvalue weighted by molar-refractivity contribution is -0.143. The Labute approximate surface area is 162 Å². The van der Waals surface area contributed by atoms with Crippen molar-refractivity contribution in [3.8, 4) is 11.5 Å². The van der Waals surface area contributed by atoms with Crippen LogP contribution in [0.5, 0.6) is 11.5 Å². The van der Waals surface area contributed by atoms with Gasteiger partial charge in [-0.25, -0.2) is 4.39 Å².